The summed E-state index contributed by atoms with van der Waals surface area (Å²) in [4.78, 5) is 11.4. The molecule has 0 aliphatic carbocycles. The maximum Gasteiger partial charge on any atom is 0.337 e. The molecule has 3 rings (SSSR count). The number of morpholine rings is 1. The third kappa shape index (κ3) is 4.98. The first kappa shape index (κ1) is 23.0. The largest absolute Gasteiger partial charge is 0.495 e. The number of sulfonamides is 2. The van der Waals surface area contributed by atoms with E-state index in [0.717, 1.165) is 0 Å². The first-order valence-corrected chi connectivity index (χ1v) is 12.1. The highest BCUT2D eigenvalue weighted by Crippen LogP contribution is 2.31. The van der Waals surface area contributed by atoms with Crippen LogP contribution in [0.5, 0.6) is 5.75 Å². The van der Waals surface area contributed by atoms with Crippen LogP contribution in [0.3, 0.4) is 0 Å². The highest BCUT2D eigenvalue weighted by Gasteiger charge is 2.30. The molecule has 31 heavy (non-hydrogen) atoms. The Morgan fingerprint density at radius 2 is 1.74 bits per heavy atom. The van der Waals surface area contributed by atoms with E-state index in [4.69, 9.17) is 9.47 Å². The number of ether oxygens (including phenoxy) is 3. The van der Waals surface area contributed by atoms with Crippen molar-refractivity contribution in [2.24, 2.45) is 0 Å². The molecule has 2 aromatic carbocycles. The van der Waals surface area contributed by atoms with Gasteiger partial charge < -0.3 is 14.2 Å². The molecule has 0 unspecified atom stereocenters. The molecule has 1 aliphatic rings. The summed E-state index contributed by atoms with van der Waals surface area (Å²) >= 11 is 0. The van der Waals surface area contributed by atoms with Crippen LogP contribution < -0.4 is 9.46 Å². The van der Waals surface area contributed by atoms with Crippen molar-refractivity contribution >= 4 is 31.7 Å². The van der Waals surface area contributed by atoms with Gasteiger partial charge in [0.25, 0.3) is 10.0 Å². The molecule has 0 aromatic heterocycles. The highest BCUT2D eigenvalue weighted by molar-refractivity contribution is 7.92. The van der Waals surface area contributed by atoms with Crippen LogP contribution in [0.15, 0.2) is 52.3 Å². The van der Waals surface area contributed by atoms with Crippen molar-refractivity contribution in [1.82, 2.24) is 4.31 Å². The van der Waals surface area contributed by atoms with Crippen LogP contribution in [-0.2, 0) is 29.5 Å². The molecule has 10 nitrogen and oxygen atoms in total. The lowest BCUT2D eigenvalue weighted by Crippen LogP contribution is -2.40. The molecule has 1 heterocycles. The number of carbonyl (C=O) groups excluding carboxylic acids is 1. The van der Waals surface area contributed by atoms with Crippen LogP contribution in [0.4, 0.5) is 5.69 Å². The van der Waals surface area contributed by atoms with Gasteiger partial charge in [-0.2, -0.15) is 4.31 Å². The van der Waals surface area contributed by atoms with Gasteiger partial charge in [0.2, 0.25) is 10.0 Å². The summed E-state index contributed by atoms with van der Waals surface area (Å²) in [5.74, 6) is -0.595. The molecule has 0 atom stereocenters. The second-order valence-electron chi connectivity index (χ2n) is 6.51. The maximum atomic E-state index is 13.1. The predicted molar refractivity (Wildman–Crippen MR) is 111 cm³/mol. The normalized spacial score (nSPS) is 15.3. The third-order valence-electron chi connectivity index (χ3n) is 4.57. The van der Waals surface area contributed by atoms with E-state index < -0.39 is 26.0 Å². The molecule has 1 N–H and O–H groups in total. The van der Waals surface area contributed by atoms with E-state index in [1.165, 1.54) is 61.0 Å². The van der Waals surface area contributed by atoms with E-state index in [9.17, 15) is 21.6 Å². The van der Waals surface area contributed by atoms with Crippen LogP contribution in [-0.4, -0.2) is 67.6 Å². The van der Waals surface area contributed by atoms with Crippen molar-refractivity contribution in [2.45, 2.75) is 9.79 Å². The minimum atomic E-state index is -4.11. The first-order valence-electron chi connectivity index (χ1n) is 9.16. The van der Waals surface area contributed by atoms with Gasteiger partial charge in [-0.05, 0) is 36.4 Å². The molecule has 168 valence electrons. The average molecular weight is 471 g/mol. The number of rotatable bonds is 7. The van der Waals surface area contributed by atoms with E-state index >= 15 is 0 Å². The number of nitrogens with one attached hydrogen (secondary N) is 1. The number of esters is 1. The minimum Gasteiger partial charge on any atom is -0.495 e. The van der Waals surface area contributed by atoms with Crippen molar-refractivity contribution < 1.29 is 35.8 Å². The van der Waals surface area contributed by atoms with Crippen LogP contribution >= 0.6 is 0 Å². The predicted octanol–water partition coefficient (Wildman–Crippen LogP) is 1.30. The van der Waals surface area contributed by atoms with Gasteiger partial charge in [-0.25, -0.2) is 21.6 Å². The fourth-order valence-electron chi connectivity index (χ4n) is 2.99. The molecule has 0 radical (unpaired) electrons. The van der Waals surface area contributed by atoms with Gasteiger partial charge in [-0.3, -0.25) is 4.72 Å². The molecule has 2 aromatic rings. The number of methoxy groups -OCH3 is 2. The zero-order valence-corrected chi connectivity index (χ0v) is 18.5. The number of hydrogen-bond donors (Lipinski definition) is 1. The zero-order valence-electron chi connectivity index (χ0n) is 16.9. The molecular weight excluding hydrogens is 448 g/mol. The molecule has 0 spiro atoms. The van der Waals surface area contributed by atoms with Gasteiger partial charge in [-0.1, -0.05) is 6.07 Å². The molecule has 0 saturated carbocycles. The molecule has 1 saturated heterocycles. The lowest BCUT2D eigenvalue weighted by Gasteiger charge is -2.26. The number of nitrogens with zero attached hydrogens (tertiary/aromatic N) is 1. The Kier molecular flexibility index (Phi) is 6.84. The van der Waals surface area contributed by atoms with Crippen LogP contribution in [0, 0.1) is 0 Å². The van der Waals surface area contributed by atoms with Crippen molar-refractivity contribution in [3.05, 3.63) is 48.0 Å². The SMILES string of the molecule is COC(=O)c1cccc(S(=O)(=O)Nc2ccc(OC)c(S(=O)(=O)N3CCOCC3)c2)c1. The quantitative estimate of drug-likeness (QED) is 0.600. The summed E-state index contributed by atoms with van der Waals surface area (Å²) in [6.07, 6.45) is 0. The van der Waals surface area contributed by atoms with E-state index in [1.807, 2.05) is 0 Å². The molecule has 12 heteroatoms. The Morgan fingerprint density at radius 3 is 2.39 bits per heavy atom. The van der Waals surface area contributed by atoms with Crippen molar-refractivity contribution in [3.8, 4) is 5.75 Å². The summed E-state index contributed by atoms with van der Waals surface area (Å²) in [6, 6.07) is 9.27. The second kappa shape index (κ2) is 9.22. The van der Waals surface area contributed by atoms with Gasteiger partial charge in [0.05, 0.1) is 43.6 Å². The summed E-state index contributed by atoms with van der Waals surface area (Å²) < 4.78 is 70.3. The van der Waals surface area contributed by atoms with Crippen LogP contribution in [0.1, 0.15) is 10.4 Å². The van der Waals surface area contributed by atoms with E-state index in [2.05, 4.69) is 9.46 Å². The van der Waals surface area contributed by atoms with Crippen LogP contribution in [0.2, 0.25) is 0 Å². The fourth-order valence-corrected chi connectivity index (χ4v) is 5.67. The molecule has 1 fully saturated rings. The van der Waals surface area contributed by atoms with E-state index in [-0.39, 0.29) is 53.1 Å². The van der Waals surface area contributed by atoms with Gasteiger partial charge in [0, 0.05) is 13.1 Å². The zero-order chi connectivity index (χ0) is 22.6. The van der Waals surface area contributed by atoms with Gasteiger partial charge >= 0.3 is 5.97 Å². The molecule has 0 bridgehead atoms. The minimum absolute atomic E-state index is 0.0242. The Morgan fingerprint density at radius 1 is 1.03 bits per heavy atom. The lowest BCUT2D eigenvalue weighted by atomic mass is 10.2. The average Bonchev–Trinajstić information content (AvgIpc) is 2.79. The van der Waals surface area contributed by atoms with Crippen molar-refractivity contribution in [2.75, 3.05) is 45.2 Å². The fraction of sp³-hybridized carbons (Fsp3) is 0.316. The number of carbonyl (C=O) groups is 1. The number of benzene rings is 2. The summed E-state index contributed by atoms with van der Waals surface area (Å²) in [7, 11) is -5.53. The van der Waals surface area contributed by atoms with Crippen molar-refractivity contribution in [1.29, 1.82) is 0 Å². The van der Waals surface area contributed by atoms with Gasteiger partial charge in [0.15, 0.2) is 0 Å². The number of anilines is 1. The summed E-state index contributed by atoms with van der Waals surface area (Å²) in [5.41, 5.74) is 0.0896. The topological polar surface area (TPSA) is 128 Å². The van der Waals surface area contributed by atoms with E-state index in [1.54, 1.807) is 0 Å². The van der Waals surface area contributed by atoms with Crippen LogP contribution in [0.25, 0.3) is 0 Å². The smallest absolute Gasteiger partial charge is 0.337 e. The van der Waals surface area contributed by atoms with E-state index in [0.29, 0.717) is 0 Å². The number of hydrogen-bond acceptors (Lipinski definition) is 8. The van der Waals surface area contributed by atoms with Crippen molar-refractivity contribution in [3.63, 3.8) is 0 Å². The summed E-state index contributed by atoms with van der Waals surface area (Å²) in [6.45, 7) is 0.901. The lowest BCUT2D eigenvalue weighted by molar-refractivity contribution is 0.0600. The Labute approximate surface area is 180 Å². The molecule has 0 amide bonds. The standard InChI is InChI=1S/C19H22N2O8S2/c1-27-17-7-6-15(13-18(17)31(25,26)21-8-10-29-11-9-21)20-30(23,24)16-5-3-4-14(12-16)19(22)28-2/h3-7,12-13,20H,8-11H2,1-2H3. The monoisotopic (exact) mass is 470 g/mol. The maximum absolute atomic E-state index is 13.1. The second-order valence-corrected chi connectivity index (χ2v) is 10.1. The molecule has 1 aliphatic heterocycles. The Bertz CT molecular complexity index is 1170. The Hall–Kier alpha value is -2.67. The van der Waals surface area contributed by atoms with Gasteiger partial charge in [0.1, 0.15) is 10.6 Å². The summed E-state index contributed by atoms with van der Waals surface area (Å²) in [5, 5.41) is 0. The first-order chi connectivity index (χ1) is 14.7. The highest BCUT2D eigenvalue weighted by atomic mass is 32.2. The molecular formula is C19H22N2O8S2. The Balaban J connectivity index is 1.95. The third-order valence-corrected chi connectivity index (χ3v) is 7.87. The van der Waals surface area contributed by atoms with Gasteiger partial charge in [-0.15, -0.1) is 0 Å².